The third-order valence-corrected chi connectivity index (χ3v) is 4.99. The molecule has 1 unspecified atom stereocenters. The molecule has 3 rings (SSSR count). The van der Waals surface area contributed by atoms with Gasteiger partial charge in [-0.15, -0.1) is 10.2 Å². The lowest BCUT2D eigenvalue weighted by Crippen LogP contribution is -2.32. The molecular weight excluding hydrogens is 375 g/mol. The Morgan fingerprint density at radius 2 is 2.15 bits per heavy atom. The van der Waals surface area contributed by atoms with E-state index in [1.54, 1.807) is 17.8 Å². The number of hydrogen-bond donors (Lipinski definition) is 1. The molecular formula is C18H18ClFN4OS. The average Bonchev–Trinajstić information content (AvgIpc) is 3.06. The number of fused-ring (bicyclic) bond motifs is 1. The number of thioether (sulfide) groups is 1. The van der Waals surface area contributed by atoms with E-state index in [1.807, 2.05) is 35.1 Å². The Bertz CT molecular complexity index is 897. The molecule has 1 amide bonds. The molecule has 26 heavy (non-hydrogen) atoms. The van der Waals surface area contributed by atoms with Crippen molar-refractivity contribution in [1.29, 1.82) is 0 Å². The molecule has 0 aliphatic carbocycles. The quantitative estimate of drug-likeness (QED) is 0.666. The number of aromatic nitrogens is 3. The van der Waals surface area contributed by atoms with Gasteiger partial charge in [-0.25, -0.2) is 4.39 Å². The van der Waals surface area contributed by atoms with Crippen LogP contribution in [-0.2, 0) is 11.2 Å². The fraction of sp³-hybridized carbons (Fsp3) is 0.278. The van der Waals surface area contributed by atoms with Crippen molar-refractivity contribution in [2.45, 2.75) is 18.9 Å². The summed E-state index contributed by atoms with van der Waals surface area (Å²) in [5.74, 6) is 0.701. The van der Waals surface area contributed by atoms with E-state index in [-0.39, 0.29) is 29.0 Å². The Morgan fingerprint density at radius 3 is 2.92 bits per heavy atom. The smallest absolute Gasteiger partial charge is 0.225 e. The Labute approximate surface area is 160 Å². The van der Waals surface area contributed by atoms with Crippen LogP contribution in [0.4, 0.5) is 4.39 Å². The molecule has 5 nitrogen and oxygen atoms in total. The normalized spacial score (nSPS) is 12.3. The number of halogens is 2. The number of carbonyl (C=O) groups is 1. The molecule has 0 saturated heterocycles. The number of rotatable bonds is 7. The summed E-state index contributed by atoms with van der Waals surface area (Å²) in [6, 6.07) is 9.68. The molecule has 0 saturated carbocycles. The number of benzene rings is 1. The van der Waals surface area contributed by atoms with E-state index in [9.17, 15) is 9.18 Å². The number of pyridine rings is 1. The van der Waals surface area contributed by atoms with Crippen molar-refractivity contribution < 1.29 is 9.18 Å². The summed E-state index contributed by atoms with van der Waals surface area (Å²) in [6.45, 7) is 0. The second-order valence-electron chi connectivity index (χ2n) is 5.77. The first-order valence-electron chi connectivity index (χ1n) is 8.11. The van der Waals surface area contributed by atoms with Gasteiger partial charge in [-0.3, -0.25) is 9.20 Å². The molecule has 3 aromatic rings. The van der Waals surface area contributed by atoms with Gasteiger partial charge in [0.1, 0.15) is 5.82 Å². The van der Waals surface area contributed by atoms with Gasteiger partial charge in [-0.1, -0.05) is 23.7 Å². The number of amides is 1. The van der Waals surface area contributed by atoms with Crippen LogP contribution < -0.4 is 5.32 Å². The standard InChI is InChI=1S/C18H18ClFN4OS/c1-26-10-8-15(18-23-22-16-7-2-3-9-24(16)18)21-17(25)11-12-13(19)5-4-6-14(12)20/h2-7,9,15H,8,10-11H2,1H3,(H,21,25). The van der Waals surface area contributed by atoms with Crippen LogP contribution in [0, 0.1) is 5.82 Å². The Morgan fingerprint density at radius 1 is 1.31 bits per heavy atom. The topological polar surface area (TPSA) is 59.3 Å². The van der Waals surface area contributed by atoms with Crippen LogP contribution in [0.3, 0.4) is 0 Å². The highest BCUT2D eigenvalue weighted by molar-refractivity contribution is 7.98. The van der Waals surface area contributed by atoms with Gasteiger partial charge in [0.15, 0.2) is 11.5 Å². The summed E-state index contributed by atoms with van der Waals surface area (Å²) in [7, 11) is 0. The first-order chi connectivity index (χ1) is 12.6. The van der Waals surface area contributed by atoms with Crippen molar-refractivity contribution in [3.05, 3.63) is 64.8 Å². The van der Waals surface area contributed by atoms with Crippen LogP contribution in [0.15, 0.2) is 42.6 Å². The summed E-state index contributed by atoms with van der Waals surface area (Å²) in [4.78, 5) is 12.5. The molecule has 0 bridgehead atoms. The Balaban J connectivity index is 1.81. The van der Waals surface area contributed by atoms with Crippen molar-refractivity contribution >= 4 is 34.9 Å². The lowest BCUT2D eigenvalue weighted by atomic mass is 10.1. The maximum Gasteiger partial charge on any atom is 0.225 e. The van der Waals surface area contributed by atoms with Crippen LogP contribution in [0.25, 0.3) is 5.65 Å². The van der Waals surface area contributed by atoms with E-state index in [0.717, 1.165) is 5.75 Å². The zero-order chi connectivity index (χ0) is 18.5. The largest absolute Gasteiger partial charge is 0.346 e. The maximum atomic E-state index is 13.9. The van der Waals surface area contributed by atoms with Crippen LogP contribution >= 0.6 is 23.4 Å². The zero-order valence-corrected chi connectivity index (χ0v) is 15.7. The SMILES string of the molecule is CSCCC(NC(=O)Cc1c(F)cccc1Cl)c1nnc2ccccn12. The minimum Gasteiger partial charge on any atom is -0.346 e. The Hall–Kier alpha value is -2.12. The lowest BCUT2D eigenvalue weighted by Gasteiger charge is -2.17. The fourth-order valence-electron chi connectivity index (χ4n) is 2.71. The molecule has 0 spiro atoms. The molecule has 136 valence electrons. The predicted octanol–water partition coefficient (Wildman–Crippen LogP) is 3.67. The molecule has 0 aliphatic rings. The molecule has 2 aromatic heterocycles. The van der Waals surface area contributed by atoms with E-state index in [2.05, 4.69) is 15.5 Å². The summed E-state index contributed by atoms with van der Waals surface area (Å²) in [5, 5.41) is 11.6. The third-order valence-electron chi connectivity index (χ3n) is 4.00. The highest BCUT2D eigenvalue weighted by Gasteiger charge is 2.21. The second kappa shape index (κ2) is 8.51. The van der Waals surface area contributed by atoms with E-state index in [1.165, 1.54) is 12.1 Å². The highest BCUT2D eigenvalue weighted by Crippen LogP contribution is 2.21. The van der Waals surface area contributed by atoms with Crippen molar-refractivity contribution in [1.82, 2.24) is 19.9 Å². The number of carbonyl (C=O) groups excluding carboxylic acids is 1. The zero-order valence-electron chi connectivity index (χ0n) is 14.2. The van der Waals surface area contributed by atoms with Gasteiger partial charge in [0, 0.05) is 16.8 Å². The number of nitrogens with zero attached hydrogens (tertiary/aromatic N) is 3. The van der Waals surface area contributed by atoms with Gasteiger partial charge in [-0.05, 0) is 42.7 Å². The predicted molar refractivity (Wildman–Crippen MR) is 102 cm³/mol. The first-order valence-corrected chi connectivity index (χ1v) is 9.88. The van der Waals surface area contributed by atoms with Crippen molar-refractivity contribution in [2.24, 2.45) is 0 Å². The maximum absolute atomic E-state index is 13.9. The lowest BCUT2D eigenvalue weighted by molar-refractivity contribution is -0.121. The third kappa shape index (κ3) is 4.16. The van der Waals surface area contributed by atoms with Gasteiger partial charge in [0.05, 0.1) is 12.5 Å². The van der Waals surface area contributed by atoms with E-state index >= 15 is 0 Å². The number of hydrogen-bond acceptors (Lipinski definition) is 4. The van der Waals surface area contributed by atoms with Crippen LogP contribution in [0.2, 0.25) is 5.02 Å². The van der Waals surface area contributed by atoms with Crippen LogP contribution in [-0.4, -0.2) is 32.5 Å². The molecule has 0 aliphatic heterocycles. The molecule has 0 radical (unpaired) electrons. The van der Waals surface area contributed by atoms with E-state index in [4.69, 9.17) is 11.6 Å². The fourth-order valence-corrected chi connectivity index (χ4v) is 3.41. The minimum atomic E-state index is -0.485. The molecule has 0 fully saturated rings. The van der Waals surface area contributed by atoms with Crippen LogP contribution in [0.5, 0.6) is 0 Å². The summed E-state index contributed by atoms with van der Waals surface area (Å²) < 4.78 is 15.8. The average molecular weight is 393 g/mol. The molecule has 1 aromatic carbocycles. The van der Waals surface area contributed by atoms with E-state index in [0.29, 0.717) is 17.9 Å². The van der Waals surface area contributed by atoms with Crippen LogP contribution in [0.1, 0.15) is 23.9 Å². The molecule has 1 atom stereocenters. The summed E-state index contributed by atoms with van der Waals surface area (Å²) in [6.07, 6.45) is 4.42. The highest BCUT2D eigenvalue weighted by atomic mass is 35.5. The Kier molecular flexibility index (Phi) is 6.11. The second-order valence-corrected chi connectivity index (χ2v) is 7.16. The minimum absolute atomic E-state index is 0.127. The summed E-state index contributed by atoms with van der Waals surface area (Å²) >= 11 is 7.70. The van der Waals surface area contributed by atoms with Crippen molar-refractivity contribution in [2.75, 3.05) is 12.0 Å². The van der Waals surface area contributed by atoms with Crippen molar-refractivity contribution in [3.63, 3.8) is 0 Å². The molecule has 8 heteroatoms. The van der Waals surface area contributed by atoms with Gasteiger partial charge in [0.25, 0.3) is 0 Å². The van der Waals surface area contributed by atoms with E-state index < -0.39 is 5.82 Å². The van der Waals surface area contributed by atoms with Gasteiger partial charge < -0.3 is 5.32 Å². The first kappa shape index (κ1) is 18.7. The summed E-state index contributed by atoms with van der Waals surface area (Å²) in [5.41, 5.74) is 0.907. The van der Waals surface area contributed by atoms with Gasteiger partial charge in [-0.2, -0.15) is 11.8 Å². The van der Waals surface area contributed by atoms with Crippen molar-refractivity contribution in [3.8, 4) is 0 Å². The van der Waals surface area contributed by atoms with Gasteiger partial charge >= 0.3 is 0 Å². The monoisotopic (exact) mass is 392 g/mol. The van der Waals surface area contributed by atoms with Gasteiger partial charge in [0.2, 0.25) is 5.91 Å². The molecule has 2 heterocycles. The molecule has 1 N–H and O–H groups in total. The number of nitrogens with one attached hydrogen (secondary N) is 1.